The summed E-state index contributed by atoms with van der Waals surface area (Å²) in [6.07, 6.45) is 0. The second-order valence-corrected chi connectivity index (χ2v) is 8.82. The molecule has 33 heavy (non-hydrogen) atoms. The molecular formula is C28H33N3O2. The highest BCUT2D eigenvalue weighted by Gasteiger charge is 2.26. The summed E-state index contributed by atoms with van der Waals surface area (Å²) in [5, 5.41) is 3.16. The summed E-state index contributed by atoms with van der Waals surface area (Å²) in [4.78, 5) is 18.1. The van der Waals surface area contributed by atoms with E-state index in [1.165, 1.54) is 11.3 Å². The van der Waals surface area contributed by atoms with Crippen LogP contribution >= 0.6 is 0 Å². The summed E-state index contributed by atoms with van der Waals surface area (Å²) in [5.41, 5.74) is 6.51. The van der Waals surface area contributed by atoms with E-state index in [-0.39, 0.29) is 5.91 Å². The zero-order valence-electron chi connectivity index (χ0n) is 19.8. The molecule has 1 fully saturated rings. The molecule has 1 aliphatic rings. The Bertz CT molecular complexity index is 1060. The fourth-order valence-electron chi connectivity index (χ4n) is 4.62. The Hall–Kier alpha value is -3.15. The van der Waals surface area contributed by atoms with Crippen LogP contribution in [-0.2, 0) is 16.1 Å². The number of amides is 1. The largest absolute Gasteiger partial charge is 0.378 e. The summed E-state index contributed by atoms with van der Waals surface area (Å²) in [7, 11) is 2.02. The molecule has 5 nitrogen and oxygen atoms in total. The number of nitrogens with zero attached hydrogens (tertiary/aromatic N) is 2. The molecule has 3 aromatic carbocycles. The first-order valence-corrected chi connectivity index (χ1v) is 11.6. The van der Waals surface area contributed by atoms with Crippen LogP contribution in [-0.4, -0.2) is 44.2 Å². The zero-order valence-corrected chi connectivity index (χ0v) is 19.8. The Morgan fingerprint density at radius 3 is 2.30 bits per heavy atom. The maximum Gasteiger partial charge on any atom is 0.246 e. The summed E-state index contributed by atoms with van der Waals surface area (Å²) in [6.45, 7) is 8.02. The van der Waals surface area contributed by atoms with Crippen molar-refractivity contribution in [2.24, 2.45) is 0 Å². The molecule has 4 rings (SSSR count). The molecule has 0 saturated carbocycles. The van der Waals surface area contributed by atoms with E-state index in [1.807, 2.05) is 63.4 Å². The van der Waals surface area contributed by atoms with Crippen molar-refractivity contribution in [2.75, 3.05) is 43.6 Å². The van der Waals surface area contributed by atoms with E-state index in [4.69, 9.17) is 4.74 Å². The van der Waals surface area contributed by atoms with Crippen LogP contribution in [0, 0.1) is 13.8 Å². The number of hydrogen-bond acceptors (Lipinski definition) is 4. The maximum atomic E-state index is 13.6. The number of carbonyl (C=O) groups is 1. The second kappa shape index (κ2) is 10.6. The summed E-state index contributed by atoms with van der Waals surface area (Å²) in [6, 6.07) is 24.2. The first-order valence-electron chi connectivity index (χ1n) is 11.6. The van der Waals surface area contributed by atoms with Crippen molar-refractivity contribution in [1.82, 2.24) is 4.90 Å². The van der Waals surface area contributed by atoms with Gasteiger partial charge in [0.15, 0.2) is 0 Å². The number of likely N-dealkylation sites (N-methyl/N-ethyl adjacent to an activating group) is 1. The standard InChI is InChI=1S/C28H33N3O2/c1-21-17-22(2)19-25(18-21)29-28(32)27(23-9-5-4-6-10-23)30(3)20-24-11-7-8-12-26(24)31-13-15-33-16-14-31/h4-12,17-19,27H,13-16,20H2,1-3H3,(H,29,32)/t27-/m1/s1. The molecule has 1 heterocycles. The molecule has 5 heteroatoms. The predicted octanol–water partition coefficient (Wildman–Crippen LogP) is 4.95. The molecular weight excluding hydrogens is 410 g/mol. The lowest BCUT2D eigenvalue weighted by atomic mass is 10.0. The maximum absolute atomic E-state index is 13.6. The quantitative estimate of drug-likeness (QED) is 0.561. The van der Waals surface area contributed by atoms with E-state index in [0.717, 1.165) is 48.7 Å². The summed E-state index contributed by atoms with van der Waals surface area (Å²) < 4.78 is 5.54. The van der Waals surface area contributed by atoms with Gasteiger partial charge in [-0.3, -0.25) is 9.69 Å². The van der Waals surface area contributed by atoms with Crippen LogP contribution in [0.1, 0.15) is 28.3 Å². The fraction of sp³-hybridized carbons (Fsp3) is 0.321. The highest BCUT2D eigenvalue weighted by atomic mass is 16.5. The van der Waals surface area contributed by atoms with Gasteiger partial charge in [0.25, 0.3) is 0 Å². The molecule has 1 amide bonds. The van der Waals surface area contributed by atoms with Crippen LogP contribution in [0.4, 0.5) is 11.4 Å². The summed E-state index contributed by atoms with van der Waals surface area (Å²) >= 11 is 0. The van der Waals surface area contributed by atoms with Crippen LogP contribution in [0.25, 0.3) is 0 Å². The minimum atomic E-state index is -0.412. The topological polar surface area (TPSA) is 44.8 Å². The average molecular weight is 444 g/mol. The van der Waals surface area contributed by atoms with Gasteiger partial charge in [-0.2, -0.15) is 0 Å². The number of ether oxygens (including phenoxy) is 1. The van der Waals surface area contributed by atoms with E-state index in [9.17, 15) is 4.79 Å². The van der Waals surface area contributed by atoms with Gasteiger partial charge in [0, 0.05) is 31.0 Å². The van der Waals surface area contributed by atoms with E-state index in [2.05, 4.69) is 45.4 Å². The third-order valence-electron chi connectivity index (χ3n) is 6.06. The van der Waals surface area contributed by atoms with Crippen molar-refractivity contribution in [3.8, 4) is 0 Å². The van der Waals surface area contributed by atoms with Gasteiger partial charge in [0.1, 0.15) is 6.04 Å². The van der Waals surface area contributed by atoms with E-state index in [0.29, 0.717) is 6.54 Å². The molecule has 3 aromatic rings. The average Bonchev–Trinajstić information content (AvgIpc) is 2.80. The number of aryl methyl sites for hydroxylation is 2. The Labute approximate surface area is 197 Å². The first-order chi connectivity index (χ1) is 16.0. The molecule has 1 saturated heterocycles. The highest BCUT2D eigenvalue weighted by Crippen LogP contribution is 2.28. The number of benzene rings is 3. The Balaban J connectivity index is 1.60. The Morgan fingerprint density at radius 1 is 0.970 bits per heavy atom. The number of para-hydroxylation sites is 1. The molecule has 0 bridgehead atoms. The van der Waals surface area contributed by atoms with Crippen LogP contribution in [0.5, 0.6) is 0 Å². The molecule has 1 atom stereocenters. The lowest BCUT2D eigenvalue weighted by molar-refractivity contribution is -0.121. The molecule has 0 unspecified atom stereocenters. The van der Waals surface area contributed by atoms with Gasteiger partial charge in [-0.05, 0) is 61.3 Å². The number of rotatable bonds is 7. The van der Waals surface area contributed by atoms with Crippen molar-refractivity contribution in [3.63, 3.8) is 0 Å². The highest BCUT2D eigenvalue weighted by molar-refractivity contribution is 5.95. The van der Waals surface area contributed by atoms with Gasteiger partial charge in [-0.1, -0.05) is 54.6 Å². The van der Waals surface area contributed by atoms with Crippen molar-refractivity contribution < 1.29 is 9.53 Å². The van der Waals surface area contributed by atoms with Crippen LogP contribution < -0.4 is 10.2 Å². The zero-order chi connectivity index (χ0) is 23.2. The van der Waals surface area contributed by atoms with Gasteiger partial charge in [0.05, 0.1) is 13.2 Å². The van der Waals surface area contributed by atoms with Crippen LogP contribution in [0.3, 0.4) is 0 Å². The van der Waals surface area contributed by atoms with Crippen molar-refractivity contribution in [3.05, 3.63) is 95.1 Å². The first kappa shape index (κ1) is 23.0. The minimum absolute atomic E-state index is 0.0300. The van der Waals surface area contributed by atoms with Crippen LogP contribution in [0.15, 0.2) is 72.8 Å². The van der Waals surface area contributed by atoms with Crippen molar-refractivity contribution in [2.45, 2.75) is 26.4 Å². The third kappa shape index (κ3) is 5.81. The van der Waals surface area contributed by atoms with Crippen LogP contribution in [0.2, 0.25) is 0 Å². The minimum Gasteiger partial charge on any atom is -0.378 e. The second-order valence-electron chi connectivity index (χ2n) is 8.82. The third-order valence-corrected chi connectivity index (χ3v) is 6.06. The van der Waals surface area contributed by atoms with Crippen molar-refractivity contribution in [1.29, 1.82) is 0 Å². The molecule has 1 aliphatic heterocycles. The number of anilines is 2. The number of carbonyl (C=O) groups excluding carboxylic acids is 1. The number of morpholine rings is 1. The van der Waals surface area contributed by atoms with E-state index < -0.39 is 6.04 Å². The number of hydrogen-bond donors (Lipinski definition) is 1. The van der Waals surface area contributed by atoms with E-state index in [1.54, 1.807) is 0 Å². The number of nitrogens with one attached hydrogen (secondary N) is 1. The van der Waals surface area contributed by atoms with Gasteiger partial charge in [0.2, 0.25) is 5.91 Å². The Kier molecular flexibility index (Phi) is 7.43. The smallest absolute Gasteiger partial charge is 0.246 e. The van der Waals surface area contributed by atoms with Gasteiger partial charge >= 0.3 is 0 Å². The van der Waals surface area contributed by atoms with Crippen molar-refractivity contribution >= 4 is 17.3 Å². The lowest BCUT2D eigenvalue weighted by Gasteiger charge is -2.33. The van der Waals surface area contributed by atoms with Gasteiger partial charge in [-0.15, -0.1) is 0 Å². The normalized spacial score (nSPS) is 14.8. The molecule has 0 aliphatic carbocycles. The predicted molar refractivity (Wildman–Crippen MR) is 135 cm³/mol. The monoisotopic (exact) mass is 443 g/mol. The molecule has 0 radical (unpaired) electrons. The molecule has 0 spiro atoms. The molecule has 1 N–H and O–H groups in total. The van der Waals surface area contributed by atoms with Gasteiger partial charge < -0.3 is 15.0 Å². The van der Waals surface area contributed by atoms with Gasteiger partial charge in [-0.25, -0.2) is 0 Å². The fourth-order valence-corrected chi connectivity index (χ4v) is 4.62. The molecule has 172 valence electrons. The Morgan fingerprint density at radius 2 is 1.61 bits per heavy atom. The van der Waals surface area contributed by atoms with E-state index >= 15 is 0 Å². The summed E-state index contributed by atoms with van der Waals surface area (Å²) in [5.74, 6) is -0.0300. The molecule has 0 aromatic heterocycles. The lowest BCUT2D eigenvalue weighted by Crippen LogP contribution is -2.38. The SMILES string of the molecule is Cc1cc(C)cc(NC(=O)[C@@H](c2ccccc2)N(C)Cc2ccccc2N2CCOCC2)c1.